The van der Waals surface area contributed by atoms with E-state index >= 15 is 0 Å². The van der Waals surface area contributed by atoms with Crippen LogP contribution >= 0.6 is 35.3 Å². The second-order valence-corrected chi connectivity index (χ2v) is 8.89. The third-order valence-corrected chi connectivity index (χ3v) is 6.46. The first-order chi connectivity index (χ1) is 13.9. The molecular weight excluding hydrogens is 513 g/mol. The lowest BCUT2D eigenvalue weighted by Gasteiger charge is -2.31. The van der Waals surface area contributed by atoms with Crippen LogP contribution in [0.2, 0.25) is 0 Å². The molecule has 0 spiro atoms. The van der Waals surface area contributed by atoms with E-state index in [1.807, 2.05) is 38.7 Å². The summed E-state index contributed by atoms with van der Waals surface area (Å²) in [4.78, 5) is 20.5. The van der Waals surface area contributed by atoms with Gasteiger partial charge < -0.3 is 20.1 Å². The maximum atomic E-state index is 12.9. The summed E-state index contributed by atoms with van der Waals surface area (Å²) in [6.45, 7) is 3.62. The molecule has 0 bridgehead atoms. The summed E-state index contributed by atoms with van der Waals surface area (Å²) in [7, 11) is 5.61. The summed E-state index contributed by atoms with van der Waals surface area (Å²) >= 11 is 1.70. The predicted octanol–water partition coefficient (Wildman–Crippen LogP) is 2.69. The van der Waals surface area contributed by atoms with Gasteiger partial charge in [-0.2, -0.15) is 0 Å². The molecule has 0 aliphatic heterocycles. The Morgan fingerprint density at radius 2 is 2.03 bits per heavy atom. The number of aromatic nitrogens is 3. The Balaban J connectivity index is 0.00000320. The Morgan fingerprint density at radius 3 is 2.60 bits per heavy atom. The maximum absolute atomic E-state index is 12.9. The van der Waals surface area contributed by atoms with Crippen molar-refractivity contribution in [3.05, 3.63) is 34.0 Å². The van der Waals surface area contributed by atoms with E-state index in [9.17, 15) is 4.79 Å². The second-order valence-electron chi connectivity index (χ2n) is 7.86. The topological polar surface area (TPSA) is 87.4 Å². The molecule has 3 rings (SSSR count). The number of halogens is 1. The zero-order valence-electron chi connectivity index (χ0n) is 18.1. The van der Waals surface area contributed by atoms with Gasteiger partial charge in [-0.15, -0.1) is 45.5 Å². The molecular formula is C20H32IN7OS. The summed E-state index contributed by atoms with van der Waals surface area (Å²) in [5, 5.41) is 17.2. The molecule has 1 fully saturated rings. The minimum absolute atomic E-state index is 0. The van der Waals surface area contributed by atoms with Crippen LogP contribution in [0, 0.1) is 12.3 Å². The van der Waals surface area contributed by atoms with E-state index in [2.05, 4.69) is 32.3 Å². The highest BCUT2D eigenvalue weighted by Crippen LogP contribution is 2.38. The normalized spacial score (nSPS) is 15.5. The minimum Gasteiger partial charge on any atom is -0.355 e. The molecule has 30 heavy (non-hydrogen) atoms. The first-order valence-corrected chi connectivity index (χ1v) is 10.9. The van der Waals surface area contributed by atoms with Gasteiger partial charge in [0.05, 0.1) is 12.0 Å². The molecule has 1 saturated carbocycles. The molecule has 2 N–H and O–H groups in total. The van der Waals surface area contributed by atoms with Crippen LogP contribution in [0.15, 0.2) is 22.5 Å². The van der Waals surface area contributed by atoms with Crippen molar-refractivity contribution in [3.8, 4) is 0 Å². The van der Waals surface area contributed by atoms with Crippen molar-refractivity contribution in [1.29, 1.82) is 0 Å². The Kier molecular flexibility index (Phi) is 9.08. The van der Waals surface area contributed by atoms with E-state index in [0.717, 1.165) is 37.3 Å². The second kappa shape index (κ2) is 11.1. The molecule has 1 aliphatic carbocycles. The van der Waals surface area contributed by atoms with Gasteiger partial charge >= 0.3 is 0 Å². The lowest BCUT2D eigenvalue weighted by molar-refractivity contribution is -0.138. The van der Waals surface area contributed by atoms with Gasteiger partial charge in [-0.05, 0) is 31.2 Å². The smallest absolute Gasteiger partial charge is 0.230 e. The monoisotopic (exact) mass is 545 g/mol. The van der Waals surface area contributed by atoms with E-state index in [-0.39, 0.29) is 35.3 Å². The standard InChI is InChI=1S/C20H31N7OS.HI/c1-15-24-25-17(27(15)4)13-22-19(21-12-16-8-7-11-29-16)23-14-20(9-5-6-10-20)18(28)26(2)3;/h7-8,11H,5-6,9-10,12-14H2,1-4H3,(H2,21,22,23);1H. The fourth-order valence-corrected chi connectivity index (χ4v) is 4.39. The molecule has 1 aliphatic rings. The van der Waals surface area contributed by atoms with E-state index in [1.54, 1.807) is 16.2 Å². The Bertz CT molecular complexity index is 841. The van der Waals surface area contributed by atoms with E-state index in [0.29, 0.717) is 25.6 Å². The zero-order valence-corrected chi connectivity index (χ0v) is 21.3. The van der Waals surface area contributed by atoms with Gasteiger partial charge in [-0.3, -0.25) is 4.79 Å². The van der Waals surface area contributed by atoms with Crippen molar-refractivity contribution in [2.45, 2.75) is 45.7 Å². The average Bonchev–Trinajstić information content (AvgIpc) is 3.45. The predicted molar refractivity (Wildman–Crippen MR) is 131 cm³/mol. The van der Waals surface area contributed by atoms with E-state index < -0.39 is 0 Å². The highest BCUT2D eigenvalue weighted by molar-refractivity contribution is 14.0. The molecule has 0 aromatic carbocycles. The van der Waals surface area contributed by atoms with E-state index in [1.165, 1.54) is 4.88 Å². The quantitative estimate of drug-likeness (QED) is 0.318. The molecule has 0 atom stereocenters. The molecule has 0 saturated heterocycles. The summed E-state index contributed by atoms with van der Waals surface area (Å²) < 4.78 is 1.94. The van der Waals surface area contributed by atoms with E-state index in [4.69, 9.17) is 4.99 Å². The third kappa shape index (κ3) is 5.93. The van der Waals surface area contributed by atoms with Gasteiger partial charge in [0.1, 0.15) is 12.4 Å². The third-order valence-electron chi connectivity index (χ3n) is 5.59. The minimum atomic E-state index is -0.351. The number of aliphatic imine (C=N–C) groups is 1. The van der Waals surface area contributed by atoms with Crippen LogP contribution in [-0.2, 0) is 24.9 Å². The summed E-state index contributed by atoms with van der Waals surface area (Å²) in [6.07, 6.45) is 4.01. The van der Waals surface area contributed by atoms with Crippen LogP contribution in [0.25, 0.3) is 0 Å². The molecule has 166 valence electrons. The molecule has 2 aromatic heterocycles. The SMILES string of the molecule is Cc1nnc(CN=C(NCc2cccs2)NCC2(C(=O)N(C)C)CCCC2)n1C.I. The van der Waals surface area contributed by atoms with Crippen molar-refractivity contribution in [2.24, 2.45) is 17.5 Å². The number of rotatable bonds is 7. The van der Waals surface area contributed by atoms with Crippen LogP contribution in [0.5, 0.6) is 0 Å². The number of nitrogens with zero attached hydrogens (tertiary/aromatic N) is 5. The van der Waals surface area contributed by atoms with Crippen molar-refractivity contribution >= 4 is 47.2 Å². The Labute approximate surface area is 199 Å². The van der Waals surface area contributed by atoms with Crippen LogP contribution in [0.3, 0.4) is 0 Å². The van der Waals surface area contributed by atoms with Gasteiger partial charge in [-0.25, -0.2) is 4.99 Å². The van der Waals surface area contributed by atoms with Crippen LogP contribution in [0.1, 0.15) is 42.2 Å². The average molecular weight is 545 g/mol. The summed E-state index contributed by atoms with van der Waals surface area (Å²) in [5.41, 5.74) is -0.351. The van der Waals surface area contributed by atoms with Gasteiger partial charge in [0.2, 0.25) is 5.91 Å². The lowest BCUT2D eigenvalue weighted by Crippen LogP contribution is -2.49. The molecule has 8 nitrogen and oxygen atoms in total. The lowest BCUT2D eigenvalue weighted by atomic mass is 9.84. The largest absolute Gasteiger partial charge is 0.355 e. The highest BCUT2D eigenvalue weighted by Gasteiger charge is 2.42. The van der Waals surface area contributed by atoms with Crippen molar-refractivity contribution in [2.75, 3.05) is 20.6 Å². The first kappa shape index (κ1) is 24.6. The molecule has 0 unspecified atom stereocenters. The summed E-state index contributed by atoms with van der Waals surface area (Å²) in [5.74, 6) is 2.55. The number of nitrogens with one attached hydrogen (secondary N) is 2. The van der Waals surface area contributed by atoms with Gasteiger partial charge in [-0.1, -0.05) is 18.9 Å². The molecule has 1 amide bonds. The Hall–Kier alpha value is -1.69. The summed E-state index contributed by atoms with van der Waals surface area (Å²) in [6, 6.07) is 4.13. The number of carbonyl (C=O) groups is 1. The number of amides is 1. The molecule has 0 radical (unpaired) electrons. The fraction of sp³-hybridized carbons (Fsp3) is 0.600. The first-order valence-electron chi connectivity index (χ1n) is 10.0. The number of carbonyl (C=O) groups excluding carboxylic acids is 1. The van der Waals surface area contributed by atoms with Gasteiger partial charge in [0.15, 0.2) is 11.8 Å². The molecule has 2 heterocycles. The van der Waals surface area contributed by atoms with Crippen molar-refractivity contribution < 1.29 is 4.79 Å². The van der Waals surface area contributed by atoms with Crippen molar-refractivity contribution in [1.82, 2.24) is 30.3 Å². The van der Waals surface area contributed by atoms with Gasteiger partial charge in [0, 0.05) is 32.6 Å². The number of thiophene rings is 1. The molecule has 10 heteroatoms. The number of aryl methyl sites for hydroxylation is 1. The zero-order chi connectivity index (χ0) is 20.9. The number of guanidine groups is 1. The van der Waals surface area contributed by atoms with Crippen molar-refractivity contribution in [3.63, 3.8) is 0 Å². The number of hydrogen-bond acceptors (Lipinski definition) is 5. The maximum Gasteiger partial charge on any atom is 0.230 e. The van der Waals surface area contributed by atoms with Crippen LogP contribution in [0.4, 0.5) is 0 Å². The molecule has 2 aromatic rings. The Morgan fingerprint density at radius 1 is 1.30 bits per heavy atom. The highest BCUT2D eigenvalue weighted by atomic mass is 127. The van der Waals surface area contributed by atoms with Crippen LogP contribution < -0.4 is 10.6 Å². The van der Waals surface area contributed by atoms with Crippen LogP contribution in [-0.4, -0.2) is 52.2 Å². The van der Waals surface area contributed by atoms with Gasteiger partial charge in [0.25, 0.3) is 0 Å². The number of hydrogen-bond donors (Lipinski definition) is 2. The fourth-order valence-electron chi connectivity index (χ4n) is 3.74.